The predicted molar refractivity (Wildman–Crippen MR) is 70.0 cm³/mol. The summed E-state index contributed by atoms with van der Waals surface area (Å²) < 4.78 is 5.55. The Morgan fingerprint density at radius 2 is 1.94 bits per heavy atom. The van der Waals surface area contributed by atoms with Crippen molar-refractivity contribution in [2.24, 2.45) is 4.99 Å². The molecule has 1 aliphatic rings. The number of nitrogens with zero attached hydrogens (tertiary/aromatic N) is 1. The highest BCUT2D eigenvalue weighted by atomic mass is 16.5. The molecule has 0 radical (unpaired) electrons. The van der Waals surface area contributed by atoms with E-state index in [0.717, 1.165) is 25.3 Å². The van der Waals surface area contributed by atoms with Gasteiger partial charge in [-0.15, -0.1) is 6.58 Å². The Balaban J connectivity index is 1.98. The van der Waals surface area contributed by atoms with Gasteiger partial charge in [0.15, 0.2) is 5.90 Å². The molecule has 0 aliphatic carbocycles. The fourth-order valence-corrected chi connectivity index (χ4v) is 1.89. The van der Waals surface area contributed by atoms with Gasteiger partial charge in [-0.05, 0) is 33.1 Å². The second-order valence-corrected chi connectivity index (χ2v) is 5.20. The minimum Gasteiger partial charge on any atom is -0.478 e. The lowest BCUT2D eigenvalue weighted by Gasteiger charge is -2.07. The van der Waals surface area contributed by atoms with Crippen molar-refractivity contribution in [3.8, 4) is 0 Å². The zero-order valence-electron chi connectivity index (χ0n) is 10.8. The molecule has 0 atom stereocenters. The highest BCUT2D eigenvalue weighted by Crippen LogP contribution is 2.19. The Morgan fingerprint density at radius 3 is 2.56 bits per heavy atom. The van der Waals surface area contributed by atoms with Crippen LogP contribution in [0.25, 0.3) is 0 Å². The van der Waals surface area contributed by atoms with E-state index in [2.05, 4.69) is 25.4 Å². The van der Waals surface area contributed by atoms with Crippen LogP contribution in [0, 0.1) is 0 Å². The lowest BCUT2D eigenvalue weighted by molar-refractivity contribution is 0.273. The number of allylic oxidation sites excluding steroid dienone is 1. The number of ether oxygens (including phenoxy) is 1. The molecule has 0 N–H and O–H groups in total. The molecular formula is C14H25NO. The number of hydrogen-bond acceptors (Lipinski definition) is 2. The molecule has 16 heavy (non-hydrogen) atoms. The fraction of sp³-hybridized carbons (Fsp3) is 0.786. The first kappa shape index (κ1) is 13.3. The van der Waals surface area contributed by atoms with Crippen molar-refractivity contribution < 1.29 is 4.74 Å². The second-order valence-electron chi connectivity index (χ2n) is 5.20. The maximum atomic E-state index is 5.55. The van der Waals surface area contributed by atoms with Crippen molar-refractivity contribution in [3.05, 3.63) is 12.7 Å². The van der Waals surface area contributed by atoms with Gasteiger partial charge >= 0.3 is 0 Å². The number of unbranched alkanes of at least 4 members (excludes halogenated alkanes) is 5. The normalized spacial score (nSPS) is 18.0. The van der Waals surface area contributed by atoms with E-state index in [1.165, 1.54) is 32.1 Å². The molecule has 0 spiro atoms. The average molecular weight is 223 g/mol. The van der Waals surface area contributed by atoms with Crippen LogP contribution >= 0.6 is 0 Å². The Bertz CT molecular complexity index is 243. The van der Waals surface area contributed by atoms with E-state index in [1.807, 2.05) is 6.08 Å². The monoisotopic (exact) mass is 223 g/mol. The Kier molecular flexibility index (Phi) is 5.58. The molecule has 0 bridgehead atoms. The molecular weight excluding hydrogens is 198 g/mol. The van der Waals surface area contributed by atoms with Crippen LogP contribution in [-0.2, 0) is 4.74 Å². The summed E-state index contributed by atoms with van der Waals surface area (Å²) in [6, 6.07) is 0. The third-order valence-corrected chi connectivity index (χ3v) is 2.82. The molecule has 0 saturated heterocycles. The van der Waals surface area contributed by atoms with E-state index in [9.17, 15) is 0 Å². The summed E-state index contributed by atoms with van der Waals surface area (Å²) in [4.78, 5) is 4.55. The minimum atomic E-state index is 0.0132. The van der Waals surface area contributed by atoms with Crippen molar-refractivity contribution in [2.75, 3.05) is 6.61 Å². The molecule has 2 heteroatoms. The van der Waals surface area contributed by atoms with Gasteiger partial charge in [-0.25, -0.2) is 4.99 Å². The zero-order valence-corrected chi connectivity index (χ0v) is 10.8. The molecule has 0 unspecified atom stereocenters. The highest BCUT2D eigenvalue weighted by Gasteiger charge is 2.25. The molecule has 1 rings (SSSR count). The lowest BCUT2D eigenvalue weighted by atomic mass is 10.1. The van der Waals surface area contributed by atoms with Crippen LogP contribution in [0.2, 0.25) is 0 Å². The van der Waals surface area contributed by atoms with Gasteiger partial charge in [0.25, 0.3) is 0 Å². The largest absolute Gasteiger partial charge is 0.478 e. The molecule has 2 nitrogen and oxygen atoms in total. The van der Waals surface area contributed by atoms with Gasteiger partial charge in [0.2, 0.25) is 0 Å². The molecule has 0 aromatic carbocycles. The average Bonchev–Trinajstić information content (AvgIpc) is 2.57. The van der Waals surface area contributed by atoms with E-state index in [-0.39, 0.29) is 5.54 Å². The van der Waals surface area contributed by atoms with Crippen molar-refractivity contribution >= 4 is 5.90 Å². The first-order valence-electron chi connectivity index (χ1n) is 6.46. The van der Waals surface area contributed by atoms with E-state index >= 15 is 0 Å². The van der Waals surface area contributed by atoms with Crippen LogP contribution in [-0.4, -0.2) is 18.0 Å². The fourth-order valence-electron chi connectivity index (χ4n) is 1.89. The van der Waals surface area contributed by atoms with Gasteiger partial charge < -0.3 is 4.74 Å². The maximum Gasteiger partial charge on any atom is 0.183 e. The standard InChI is InChI=1S/C14H25NO/c1-4-5-6-7-8-9-10-11-13-15-14(2,3)12-16-13/h4H,1,5-12H2,2-3H3. The smallest absolute Gasteiger partial charge is 0.183 e. The Hall–Kier alpha value is -0.790. The molecule has 92 valence electrons. The molecule has 0 amide bonds. The van der Waals surface area contributed by atoms with E-state index in [4.69, 9.17) is 4.74 Å². The van der Waals surface area contributed by atoms with Crippen LogP contribution in [0.5, 0.6) is 0 Å². The van der Waals surface area contributed by atoms with Crippen molar-refractivity contribution in [3.63, 3.8) is 0 Å². The van der Waals surface area contributed by atoms with Crippen molar-refractivity contribution in [1.29, 1.82) is 0 Å². The highest BCUT2D eigenvalue weighted by molar-refractivity contribution is 5.78. The minimum absolute atomic E-state index is 0.0132. The van der Waals surface area contributed by atoms with Gasteiger partial charge in [-0.3, -0.25) is 0 Å². The van der Waals surface area contributed by atoms with Crippen LogP contribution in [0.4, 0.5) is 0 Å². The summed E-state index contributed by atoms with van der Waals surface area (Å²) in [5, 5.41) is 0. The molecule has 0 aromatic heterocycles. The maximum absolute atomic E-state index is 5.55. The number of hydrogen-bond donors (Lipinski definition) is 0. The van der Waals surface area contributed by atoms with Crippen molar-refractivity contribution in [2.45, 2.75) is 64.3 Å². The molecule has 0 fully saturated rings. The molecule has 0 saturated carbocycles. The number of aliphatic imine (C=N–C) groups is 1. The Morgan fingerprint density at radius 1 is 1.25 bits per heavy atom. The Labute approximate surface area is 99.8 Å². The molecule has 1 heterocycles. The van der Waals surface area contributed by atoms with Gasteiger partial charge in [0.1, 0.15) is 6.61 Å². The summed E-state index contributed by atoms with van der Waals surface area (Å²) in [6.45, 7) is 8.72. The van der Waals surface area contributed by atoms with Gasteiger partial charge in [-0.1, -0.05) is 25.3 Å². The summed E-state index contributed by atoms with van der Waals surface area (Å²) in [5.41, 5.74) is 0.0132. The third-order valence-electron chi connectivity index (χ3n) is 2.82. The number of rotatable bonds is 8. The van der Waals surface area contributed by atoms with Crippen LogP contribution < -0.4 is 0 Å². The van der Waals surface area contributed by atoms with E-state index < -0.39 is 0 Å². The predicted octanol–water partition coefficient (Wildman–Crippen LogP) is 4.11. The summed E-state index contributed by atoms with van der Waals surface area (Å²) in [5.74, 6) is 0.969. The van der Waals surface area contributed by atoms with Gasteiger partial charge in [0.05, 0.1) is 5.54 Å². The van der Waals surface area contributed by atoms with E-state index in [0.29, 0.717) is 0 Å². The third kappa shape index (κ3) is 5.34. The second kappa shape index (κ2) is 6.72. The molecule has 0 aromatic rings. The topological polar surface area (TPSA) is 21.6 Å². The van der Waals surface area contributed by atoms with Gasteiger partial charge in [0, 0.05) is 6.42 Å². The van der Waals surface area contributed by atoms with Gasteiger partial charge in [-0.2, -0.15) is 0 Å². The SMILES string of the molecule is C=CCCCCCCCC1=NC(C)(C)CO1. The zero-order chi connectivity index (χ0) is 11.9. The van der Waals surface area contributed by atoms with Crippen LogP contribution in [0.15, 0.2) is 17.6 Å². The summed E-state index contributed by atoms with van der Waals surface area (Å²) in [7, 11) is 0. The quantitative estimate of drug-likeness (QED) is 0.448. The van der Waals surface area contributed by atoms with Crippen LogP contribution in [0.3, 0.4) is 0 Å². The van der Waals surface area contributed by atoms with Crippen molar-refractivity contribution in [1.82, 2.24) is 0 Å². The summed E-state index contributed by atoms with van der Waals surface area (Å²) >= 11 is 0. The first-order valence-corrected chi connectivity index (χ1v) is 6.46. The molecule has 1 aliphatic heterocycles. The van der Waals surface area contributed by atoms with Crippen LogP contribution in [0.1, 0.15) is 58.8 Å². The van der Waals surface area contributed by atoms with E-state index in [1.54, 1.807) is 0 Å². The lowest BCUT2D eigenvalue weighted by Crippen LogP contribution is -2.17. The first-order chi connectivity index (χ1) is 7.64. The summed E-state index contributed by atoms with van der Waals surface area (Å²) in [6.07, 6.45) is 10.6.